The van der Waals surface area contributed by atoms with Gasteiger partial charge in [0.2, 0.25) is 0 Å². The summed E-state index contributed by atoms with van der Waals surface area (Å²) in [6.07, 6.45) is 5.60. The Kier molecular flexibility index (Phi) is 8.27. The number of esters is 1. The number of amides is 1. The number of hydrogen-bond donors (Lipinski definition) is 1. The number of carbonyl (C=O) groups excluding carboxylic acids is 2. The van der Waals surface area contributed by atoms with Crippen molar-refractivity contribution in [1.82, 2.24) is 5.32 Å². The molecule has 32 heavy (non-hydrogen) atoms. The van der Waals surface area contributed by atoms with Gasteiger partial charge in [-0.05, 0) is 49.6 Å². The Labute approximate surface area is 189 Å². The van der Waals surface area contributed by atoms with Crippen LogP contribution in [0.4, 0.5) is 5.69 Å². The monoisotopic (exact) mass is 458 g/mol. The average molecular weight is 459 g/mol. The largest absolute Gasteiger partial charge is 0.452 e. The number of para-hydroxylation sites is 1. The summed E-state index contributed by atoms with van der Waals surface area (Å²) in [6, 6.07) is 14.8. The van der Waals surface area contributed by atoms with Gasteiger partial charge in [-0.1, -0.05) is 50.5 Å². The summed E-state index contributed by atoms with van der Waals surface area (Å²) in [4.78, 5) is 24.5. The first-order chi connectivity index (χ1) is 15.4. The molecule has 7 nitrogen and oxygen atoms in total. The smallest absolute Gasteiger partial charge is 0.338 e. The van der Waals surface area contributed by atoms with Crippen LogP contribution in [0.15, 0.2) is 59.5 Å². The van der Waals surface area contributed by atoms with Gasteiger partial charge in [-0.2, -0.15) is 0 Å². The molecule has 0 saturated heterocycles. The Hall–Kier alpha value is -2.87. The number of nitrogens with zero attached hydrogens (tertiary/aromatic N) is 1. The van der Waals surface area contributed by atoms with Gasteiger partial charge in [0.15, 0.2) is 6.61 Å². The van der Waals surface area contributed by atoms with Gasteiger partial charge in [0.05, 0.1) is 16.1 Å². The molecule has 0 unspecified atom stereocenters. The lowest BCUT2D eigenvalue weighted by Gasteiger charge is -2.24. The van der Waals surface area contributed by atoms with E-state index in [2.05, 4.69) is 5.32 Å². The second-order valence-corrected chi connectivity index (χ2v) is 9.78. The molecule has 1 amide bonds. The lowest BCUT2D eigenvalue weighted by Crippen LogP contribution is -2.36. The second kappa shape index (κ2) is 11.1. The van der Waals surface area contributed by atoms with Crippen LogP contribution in [0.3, 0.4) is 0 Å². The van der Waals surface area contributed by atoms with Gasteiger partial charge in [0.25, 0.3) is 15.9 Å². The number of benzene rings is 2. The molecule has 0 spiro atoms. The Balaban J connectivity index is 1.72. The van der Waals surface area contributed by atoms with E-state index in [9.17, 15) is 18.0 Å². The van der Waals surface area contributed by atoms with Gasteiger partial charge in [0.1, 0.15) is 0 Å². The highest BCUT2D eigenvalue weighted by Gasteiger charge is 2.26. The van der Waals surface area contributed by atoms with Crippen molar-refractivity contribution in [3.8, 4) is 0 Å². The fourth-order valence-electron chi connectivity index (χ4n) is 3.75. The highest BCUT2D eigenvalue weighted by atomic mass is 32.2. The van der Waals surface area contributed by atoms with E-state index in [1.54, 1.807) is 24.3 Å². The van der Waals surface area contributed by atoms with Crippen molar-refractivity contribution in [2.24, 2.45) is 0 Å². The molecule has 0 aliphatic heterocycles. The van der Waals surface area contributed by atoms with Crippen molar-refractivity contribution >= 4 is 27.6 Å². The molecule has 1 fully saturated rings. The van der Waals surface area contributed by atoms with Crippen LogP contribution in [0.25, 0.3) is 0 Å². The Bertz CT molecular complexity index is 1020. The van der Waals surface area contributed by atoms with E-state index >= 15 is 0 Å². The molecule has 3 rings (SSSR count). The molecule has 8 heteroatoms. The van der Waals surface area contributed by atoms with Crippen molar-refractivity contribution in [3.05, 3.63) is 60.2 Å². The summed E-state index contributed by atoms with van der Waals surface area (Å²) in [5.74, 6) is -1.08. The standard InChI is InChI=1S/C24H30N2O5S/c1-2-3-16-26(21-13-5-4-6-14-21)32(29,30)22-15-9-10-19(17-22)24(28)31-18-23(27)25-20-11-7-8-12-20/h4-6,9-10,13-15,17,20H,2-3,7-8,11-12,16,18H2,1H3,(H,25,27). The van der Waals surface area contributed by atoms with Crippen LogP contribution in [0, 0.1) is 0 Å². The van der Waals surface area contributed by atoms with Crippen molar-refractivity contribution in [3.63, 3.8) is 0 Å². The topological polar surface area (TPSA) is 92.8 Å². The number of hydrogen-bond acceptors (Lipinski definition) is 5. The first-order valence-electron chi connectivity index (χ1n) is 11.1. The third-order valence-electron chi connectivity index (χ3n) is 5.47. The Morgan fingerprint density at radius 2 is 1.78 bits per heavy atom. The summed E-state index contributed by atoms with van der Waals surface area (Å²) >= 11 is 0. The SMILES string of the molecule is CCCCN(c1ccccc1)S(=O)(=O)c1cccc(C(=O)OCC(=O)NC2CCCC2)c1. The molecule has 0 heterocycles. The minimum atomic E-state index is -3.88. The minimum absolute atomic E-state index is 0.00214. The fraction of sp³-hybridized carbons (Fsp3) is 0.417. The van der Waals surface area contributed by atoms with E-state index in [1.165, 1.54) is 28.6 Å². The molecule has 0 bridgehead atoms. The van der Waals surface area contributed by atoms with Crippen LogP contribution in [-0.4, -0.2) is 39.5 Å². The predicted octanol–water partition coefficient (Wildman–Crippen LogP) is 3.90. The number of rotatable bonds is 10. The van der Waals surface area contributed by atoms with Gasteiger partial charge in [-0.15, -0.1) is 0 Å². The highest BCUT2D eigenvalue weighted by molar-refractivity contribution is 7.92. The van der Waals surface area contributed by atoms with E-state index < -0.39 is 16.0 Å². The second-order valence-electron chi connectivity index (χ2n) is 7.92. The Morgan fingerprint density at radius 3 is 2.47 bits per heavy atom. The molecule has 0 aromatic heterocycles. The van der Waals surface area contributed by atoms with Crippen LogP contribution >= 0.6 is 0 Å². The maximum atomic E-state index is 13.4. The summed E-state index contributed by atoms with van der Waals surface area (Å²) in [6.45, 7) is 1.94. The molecular weight excluding hydrogens is 428 g/mol. The first-order valence-corrected chi connectivity index (χ1v) is 12.5. The van der Waals surface area contributed by atoms with E-state index in [0.717, 1.165) is 32.1 Å². The van der Waals surface area contributed by atoms with E-state index in [-0.39, 0.29) is 29.0 Å². The highest BCUT2D eigenvalue weighted by Crippen LogP contribution is 2.25. The summed E-state index contributed by atoms with van der Waals surface area (Å²) < 4.78 is 33.2. The zero-order valence-corrected chi connectivity index (χ0v) is 19.1. The van der Waals surface area contributed by atoms with Crippen LogP contribution in [0.2, 0.25) is 0 Å². The maximum absolute atomic E-state index is 13.4. The van der Waals surface area contributed by atoms with E-state index in [0.29, 0.717) is 18.7 Å². The molecule has 1 N–H and O–H groups in total. The Morgan fingerprint density at radius 1 is 1.06 bits per heavy atom. The minimum Gasteiger partial charge on any atom is -0.452 e. The van der Waals surface area contributed by atoms with Gasteiger partial charge in [0, 0.05) is 12.6 Å². The maximum Gasteiger partial charge on any atom is 0.338 e. The van der Waals surface area contributed by atoms with Gasteiger partial charge in [-0.3, -0.25) is 9.10 Å². The zero-order chi connectivity index (χ0) is 23.0. The summed E-state index contributed by atoms with van der Waals surface area (Å²) in [5, 5.41) is 2.86. The lowest BCUT2D eigenvalue weighted by atomic mass is 10.2. The first kappa shape index (κ1) is 23.8. The number of ether oxygens (including phenoxy) is 1. The van der Waals surface area contributed by atoms with Crippen LogP contribution in [-0.2, 0) is 19.6 Å². The zero-order valence-electron chi connectivity index (χ0n) is 18.3. The van der Waals surface area contributed by atoms with Crippen molar-refractivity contribution in [2.45, 2.75) is 56.4 Å². The van der Waals surface area contributed by atoms with E-state index in [4.69, 9.17) is 4.74 Å². The van der Waals surface area contributed by atoms with Gasteiger partial charge in [-0.25, -0.2) is 13.2 Å². The number of nitrogens with one attached hydrogen (secondary N) is 1. The molecule has 0 radical (unpaired) electrons. The number of anilines is 1. The quantitative estimate of drug-likeness (QED) is 0.545. The molecule has 1 saturated carbocycles. The molecule has 1 aliphatic carbocycles. The van der Waals surface area contributed by atoms with Gasteiger partial charge < -0.3 is 10.1 Å². The lowest BCUT2D eigenvalue weighted by molar-refractivity contribution is -0.124. The van der Waals surface area contributed by atoms with Crippen molar-refractivity contribution in [2.75, 3.05) is 17.5 Å². The van der Waals surface area contributed by atoms with Crippen LogP contribution in [0.1, 0.15) is 55.8 Å². The number of carbonyl (C=O) groups is 2. The summed E-state index contributed by atoms with van der Waals surface area (Å²) in [5.41, 5.74) is 0.653. The third kappa shape index (κ3) is 6.09. The van der Waals surface area contributed by atoms with E-state index in [1.807, 2.05) is 13.0 Å². The molecule has 2 aromatic rings. The molecule has 172 valence electrons. The summed E-state index contributed by atoms with van der Waals surface area (Å²) in [7, 11) is -3.88. The number of unbranched alkanes of at least 4 members (excludes halogenated alkanes) is 1. The molecule has 0 atom stereocenters. The molecule has 2 aromatic carbocycles. The fourth-order valence-corrected chi connectivity index (χ4v) is 5.30. The van der Waals surface area contributed by atoms with Crippen molar-refractivity contribution < 1.29 is 22.7 Å². The molecular formula is C24H30N2O5S. The normalized spacial score (nSPS) is 14.2. The third-order valence-corrected chi connectivity index (χ3v) is 7.29. The van der Waals surface area contributed by atoms with Gasteiger partial charge >= 0.3 is 5.97 Å². The number of sulfonamides is 1. The molecule has 1 aliphatic rings. The predicted molar refractivity (Wildman–Crippen MR) is 123 cm³/mol. The van der Waals surface area contributed by atoms with Crippen LogP contribution < -0.4 is 9.62 Å². The van der Waals surface area contributed by atoms with Crippen molar-refractivity contribution in [1.29, 1.82) is 0 Å². The average Bonchev–Trinajstić information content (AvgIpc) is 3.31. The van der Waals surface area contributed by atoms with Crippen LogP contribution in [0.5, 0.6) is 0 Å².